The maximum Gasteiger partial charge on any atom is 0.187 e. The largest absolute Gasteiger partial charge is 0.357 e. The second kappa shape index (κ2) is 7.66. The van der Waals surface area contributed by atoms with Crippen molar-refractivity contribution in [3.05, 3.63) is 71.0 Å². The molecule has 0 bridgehead atoms. The van der Waals surface area contributed by atoms with Gasteiger partial charge in [0.05, 0.1) is 5.71 Å². The third-order valence-electron chi connectivity index (χ3n) is 3.16. The zero-order chi connectivity index (χ0) is 15.9. The van der Waals surface area contributed by atoms with Crippen molar-refractivity contribution in [1.82, 2.24) is 10.7 Å². The number of thiocarbonyl (C=S) groups is 1. The van der Waals surface area contributed by atoms with E-state index in [0.29, 0.717) is 11.7 Å². The Labute approximate surface area is 135 Å². The predicted molar refractivity (Wildman–Crippen MR) is 92.4 cm³/mol. The topological polar surface area (TPSA) is 36.4 Å². The standard InChI is InChI=1S/C17H18FN3S/c1-12-3-7-15(8-4-12)13(2)20-21-17(22)19-11-14-5-9-16(18)10-6-14/h3-10H,11H2,1-2H3,(H2,19,21,22)/b20-13-. The molecule has 0 spiro atoms. The Bertz CT molecular complexity index is 663. The van der Waals surface area contributed by atoms with E-state index < -0.39 is 0 Å². The Hall–Kier alpha value is -2.27. The SMILES string of the molecule is C/C(=N/NC(=S)NCc1ccc(F)cc1)c1ccc(C)cc1. The number of hydrogen-bond acceptors (Lipinski definition) is 2. The molecule has 0 radical (unpaired) electrons. The number of rotatable bonds is 4. The molecule has 5 heteroatoms. The van der Waals surface area contributed by atoms with Gasteiger partial charge in [-0.3, -0.25) is 5.43 Å². The Morgan fingerprint density at radius 3 is 2.36 bits per heavy atom. The summed E-state index contributed by atoms with van der Waals surface area (Å²) in [6, 6.07) is 14.4. The van der Waals surface area contributed by atoms with E-state index in [-0.39, 0.29) is 5.82 Å². The van der Waals surface area contributed by atoms with E-state index in [1.165, 1.54) is 17.7 Å². The van der Waals surface area contributed by atoms with Gasteiger partial charge in [-0.15, -0.1) is 0 Å². The normalized spacial score (nSPS) is 11.1. The molecule has 114 valence electrons. The van der Waals surface area contributed by atoms with Crippen LogP contribution in [0.2, 0.25) is 0 Å². The van der Waals surface area contributed by atoms with Gasteiger partial charge in [-0.1, -0.05) is 42.0 Å². The molecular weight excluding hydrogens is 297 g/mol. The van der Waals surface area contributed by atoms with Gasteiger partial charge in [0.15, 0.2) is 5.11 Å². The summed E-state index contributed by atoms with van der Waals surface area (Å²) < 4.78 is 12.8. The quantitative estimate of drug-likeness (QED) is 0.515. The molecule has 0 aliphatic heterocycles. The number of halogens is 1. The highest BCUT2D eigenvalue weighted by molar-refractivity contribution is 7.80. The van der Waals surface area contributed by atoms with Crippen LogP contribution in [-0.2, 0) is 6.54 Å². The lowest BCUT2D eigenvalue weighted by Crippen LogP contribution is -2.32. The average Bonchev–Trinajstić information content (AvgIpc) is 2.52. The molecule has 2 aromatic carbocycles. The van der Waals surface area contributed by atoms with E-state index in [9.17, 15) is 4.39 Å². The first kappa shape index (κ1) is 16.1. The van der Waals surface area contributed by atoms with Crippen LogP contribution in [0, 0.1) is 12.7 Å². The molecule has 2 N–H and O–H groups in total. The van der Waals surface area contributed by atoms with Gasteiger partial charge in [-0.25, -0.2) is 4.39 Å². The molecule has 0 atom stereocenters. The lowest BCUT2D eigenvalue weighted by Gasteiger charge is -2.08. The molecule has 0 heterocycles. The number of hydrogen-bond donors (Lipinski definition) is 2. The Kier molecular flexibility index (Phi) is 5.61. The van der Waals surface area contributed by atoms with E-state index in [1.807, 2.05) is 38.1 Å². The van der Waals surface area contributed by atoms with Crippen LogP contribution >= 0.6 is 12.2 Å². The number of nitrogens with zero attached hydrogens (tertiary/aromatic N) is 1. The van der Waals surface area contributed by atoms with Crippen molar-refractivity contribution in [2.45, 2.75) is 20.4 Å². The minimum absolute atomic E-state index is 0.247. The third kappa shape index (κ3) is 4.93. The summed E-state index contributed by atoms with van der Waals surface area (Å²) in [6.07, 6.45) is 0. The maximum absolute atomic E-state index is 12.8. The van der Waals surface area contributed by atoms with Crippen molar-refractivity contribution in [3.63, 3.8) is 0 Å². The molecule has 0 saturated heterocycles. The van der Waals surface area contributed by atoms with Crippen LogP contribution in [0.3, 0.4) is 0 Å². The van der Waals surface area contributed by atoms with Gasteiger partial charge in [0.2, 0.25) is 0 Å². The molecule has 0 unspecified atom stereocenters. The van der Waals surface area contributed by atoms with Crippen molar-refractivity contribution >= 4 is 23.0 Å². The first-order valence-corrected chi connectivity index (χ1v) is 7.35. The van der Waals surface area contributed by atoms with Crippen LogP contribution in [-0.4, -0.2) is 10.8 Å². The summed E-state index contributed by atoms with van der Waals surface area (Å²) in [5.41, 5.74) is 6.86. The van der Waals surface area contributed by atoms with Crippen molar-refractivity contribution in [2.24, 2.45) is 5.10 Å². The molecule has 0 fully saturated rings. The first-order chi connectivity index (χ1) is 10.5. The number of benzene rings is 2. The molecule has 0 aliphatic rings. The molecular formula is C17H18FN3S. The van der Waals surface area contributed by atoms with Crippen molar-refractivity contribution in [1.29, 1.82) is 0 Å². The van der Waals surface area contributed by atoms with Gasteiger partial charge >= 0.3 is 0 Å². The zero-order valence-corrected chi connectivity index (χ0v) is 13.4. The first-order valence-electron chi connectivity index (χ1n) is 6.94. The fourth-order valence-corrected chi connectivity index (χ4v) is 1.94. The van der Waals surface area contributed by atoms with Crippen LogP contribution < -0.4 is 10.7 Å². The highest BCUT2D eigenvalue weighted by atomic mass is 32.1. The van der Waals surface area contributed by atoms with Crippen LogP contribution in [0.4, 0.5) is 4.39 Å². The Morgan fingerprint density at radius 1 is 1.09 bits per heavy atom. The van der Waals surface area contributed by atoms with Crippen molar-refractivity contribution < 1.29 is 4.39 Å². The van der Waals surface area contributed by atoms with Gasteiger partial charge in [0.25, 0.3) is 0 Å². The van der Waals surface area contributed by atoms with Gasteiger partial charge < -0.3 is 5.32 Å². The second-order valence-corrected chi connectivity index (χ2v) is 5.39. The van der Waals surface area contributed by atoms with E-state index in [0.717, 1.165) is 16.8 Å². The lowest BCUT2D eigenvalue weighted by molar-refractivity contribution is 0.626. The molecule has 0 saturated carbocycles. The smallest absolute Gasteiger partial charge is 0.187 e. The minimum atomic E-state index is -0.247. The zero-order valence-electron chi connectivity index (χ0n) is 12.6. The summed E-state index contributed by atoms with van der Waals surface area (Å²) in [6.45, 7) is 4.48. The fourth-order valence-electron chi connectivity index (χ4n) is 1.82. The van der Waals surface area contributed by atoms with Crippen LogP contribution in [0.15, 0.2) is 53.6 Å². The lowest BCUT2D eigenvalue weighted by atomic mass is 10.1. The number of nitrogens with one attached hydrogen (secondary N) is 2. The monoisotopic (exact) mass is 315 g/mol. The average molecular weight is 315 g/mol. The molecule has 2 aromatic rings. The Balaban J connectivity index is 1.85. The Morgan fingerprint density at radius 2 is 1.73 bits per heavy atom. The van der Waals surface area contributed by atoms with Gasteiger partial charge in [-0.05, 0) is 49.3 Å². The maximum atomic E-state index is 12.8. The molecule has 22 heavy (non-hydrogen) atoms. The van der Waals surface area contributed by atoms with Crippen LogP contribution in [0.25, 0.3) is 0 Å². The molecule has 2 rings (SSSR count). The van der Waals surface area contributed by atoms with E-state index in [4.69, 9.17) is 12.2 Å². The fraction of sp³-hybridized carbons (Fsp3) is 0.176. The number of hydrazone groups is 1. The van der Waals surface area contributed by atoms with Crippen LogP contribution in [0.5, 0.6) is 0 Å². The van der Waals surface area contributed by atoms with Crippen molar-refractivity contribution in [2.75, 3.05) is 0 Å². The summed E-state index contributed by atoms with van der Waals surface area (Å²) >= 11 is 5.16. The van der Waals surface area contributed by atoms with Crippen molar-refractivity contribution in [3.8, 4) is 0 Å². The van der Waals surface area contributed by atoms with Gasteiger partial charge in [-0.2, -0.15) is 5.10 Å². The summed E-state index contributed by atoms with van der Waals surface area (Å²) in [5, 5.41) is 7.71. The van der Waals surface area contributed by atoms with Gasteiger partial charge in [0.1, 0.15) is 5.82 Å². The summed E-state index contributed by atoms with van der Waals surface area (Å²) in [5.74, 6) is -0.247. The van der Waals surface area contributed by atoms with E-state index in [1.54, 1.807) is 12.1 Å². The minimum Gasteiger partial charge on any atom is -0.357 e. The molecule has 0 aromatic heterocycles. The molecule has 0 aliphatic carbocycles. The highest BCUT2D eigenvalue weighted by Gasteiger charge is 1.99. The second-order valence-electron chi connectivity index (χ2n) is 4.98. The molecule has 0 amide bonds. The van der Waals surface area contributed by atoms with Crippen LogP contribution in [0.1, 0.15) is 23.6 Å². The summed E-state index contributed by atoms with van der Waals surface area (Å²) in [4.78, 5) is 0. The summed E-state index contributed by atoms with van der Waals surface area (Å²) in [7, 11) is 0. The molecule has 3 nitrogen and oxygen atoms in total. The predicted octanol–water partition coefficient (Wildman–Crippen LogP) is 3.52. The van der Waals surface area contributed by atoms with Gasteiger partial charge in [0, 0.05) is 6.54 Å². The number of aryl methyl sites for hydroxylation is 1. The van der Waals surface area contributed by atoms with E-state index >= 15 is 0 Å². The highest BCUT2D eigenvalue weighted by Crippen LogP contribution is 2.04. The van der Waals surface area contributed by atoms with E-state index in [2.05, 4.69) is 15.8 Å². The third-order valence-corrected chi connectivity index (χ3v) is 3.40.